The van der Waals surface area contributed by atoms with Crippen molar-refractivity contribution in [2.24, 2.45) is 22.7 Å². The first kappa shape index (κ1) is 10.1. The molecule has 0 nitrogen and oxygen atoms in total. The third-order valence-electron chi connectivity index (χ3n) is 4.28. The maximum atomic E-state index is 3.29. The largest absolute Gasteiger partial charge is 0.103 e. The lowest BCUT2D eigenvalue weighted by atomic mass is 9.83. The van der Waals surface area contributed by atoms with Crippen molar-refractivity contribution >= 4 is 0 Å². The minimum atomic E-state index is 0.490. The Morgan fingerprint density at radius 2 is 1.79 bits per heavy atom. The van der Waals surface area contributed by atoms with Crippen LogP contribution in [-0.4, -0.2) is 0 Å². The Labute approximate surface area is 88.5 Å². The van der Waals surface area contributed by atoms with Crippen LogP contribution in [0.2, 0.25) is 0 Å². The van der Waals surface area contributed by atoms with Crippen molar-refractivity contribution in [1.29, 1.82) is 0 Å². The van der Waals surface area contributed by atoms with Gasteiger partial charge in [0.25, 0.3) is 0 Å². The minimum Gasteiger partial charge on any atom is -0.103 e. The molecular weight excluding hydrogens is 168 g/mol. The van der Waals surface area contributed by atoms with E-state index in [2.05, 4.69) is 39.5 Å². The molecular formula is C14H22. The second-order valence-electron chi connectivity index (χ2n) is 6.35. The summed E-state index contributed by atoms with van der Waals surface area (Å²) in [4.78, 5) is 0. The third kappa shape index (κ3) is 1.48. The molecule has 1 saturated carbocycles. The lowest BCUT2D eigenvalue weighted by Crippen LogP contribution is -2.13. The van der Waals surface area contributed by atoms with Crippen LogP contribution in [0.15, 0.2) is 0 Å². The summed E-state index contributed by atoms with van der Waals surface area (Å²) in [5, 5.41) is 0. The first-order chi connectivity index (χ1) is 6.46. The van der Waals surface area contributed by atoms with Crippen LogP contribution in [-0.2, 0) is 0 Å². The van der Waals surface area contributed by atoms with Crippen molar-refractivity contribution in [3.63, 3.8) is 0 Å². The smallest absolute Gasteiger partial charge is 0.00940 e. The van der Waals surface area contributed by atoms with Gasteiger partial charge in [-0.2, -0.15) is 0 Å². The molecule has 0 amide bonds. The van der Waals surface area contributed by atoms with Crippen LogP contribution in [0.1, 0.15) is 53.4 Å². The lowest BCUT2D eigenvalue weighted by Gasteiger charge is -2.21. The summed E-state index contributed by atoms with van der Waals surface area (Å²) in [6.07, 6.45) is 4.92. The van der Waals surface area contributed by atoms with E-state index in [-0.39, 0.29) is 0 Å². The van der Waals surface area contributed by atoms with Gasteiger partial charge in [-0.25, -0.2) is 0 Å². The van der Waals surface area contributed by atoms with Crippen LogP contribution in [0, 0.1) is 34.5 Å². The number of hydrogen-bond donors (Lipinski definition) is 0. The molecule has 0 saturated heterocycles. The van der Waals surface area contributed by atoms with Gasteiger partial charge in [0.2, 0.25) is 0 Å². The predicted molar refractivity (Wildman–Crippen MR) is 60.8 cm³/mol. The first-order valence-electron chi connectivity index (χ1n) is 5.92. The van der Waals surface area contributed by atoms with E-state index < -0.39 is 0 Å². The van der Waals surface area contributed by atoms with Crippen LogP contribution in [0.5, 0.6) is 0 Å². The Bertz CT molecular complexity index is 283. The van der Waals surface area contributed by atoms with Gasteiger partial charge in [0.1, 0.15) is 0 Å². The van der Waals surface area contributed by atoms with Crippen LogP contribution in [0.25, 0.3) is 0 Å². The zero-order valence-electron chi connectivity index (χ0n) is 9.98. The Morgan fingerprint density at radius 1 is 1.14 bits per heavy atom. The number of hydrogen-bond acceptors (Lipinski definition) is 0. The van der Waals surface area contributed by atoms with E-state index in [1.807, 2.05) is 0 Å². The Morgan fingerprint density at radius 3 is 2.43 bits per heavy atom. The summed E-state index contributed by atoms with van der Waals surface area (Å²) in [6.45, 7) is 9.68. The van der Waals surface area contributed by atoms with Crippen molar-refractivity contribution in [3.8, 4) is 11.8 Å². The highest BCUT2D eigenvalue weighted by atomic mass is 14.7. The van der Waals surface area contributed by atoms with Gasteiger partial charge in [-0.05, 0) is 35.5 Å². The van der Waals surface area contributed by atoms with Gasteiger partial charge in [-0.1, -0.05) is 27.7 Å². The standard InChI is InChI=1S/C14H22/c1-13(2,3)12-11-9-7-5-6-8-10-14(11,12)4/h11-12H,7-10H2,1-4H3/t11-,12?,14-/m0/s1. The molecule has 3 atom stereocenters. The van der Waals surface area contributed by atoms with E-state index in [1.54, 1.807) is 0 Å². The molecule has 78 valence electrons. The molecule has 0 N–H and O–H groups in total. The molecule has 0 bridgehead atoms. The highest BCUT2D eigenvalue weighted by Gasteiger charge is 2.63. The predicted octanol–water partition coefficient (Wildman–Crippen LogP) is 3.86. The molecule has 0 heteroatoms. The maximum absolute atomic E-state index is 3.29. The van der Waals surface area contributed by atoms with Gasteiger partial charge in [-0.3, -0.25) is 0 Å². The summed E-state index contributed by atoms with van der Waals surface area (Å²) >= 11 is 0. The Kier molecular flexibility index (Phi) is 2.18. The molecule has 2 aliphatic carbocycles. The molecule has 14 heavy (non-hydrogen) atoms. The minimum absolute atomic E-state index is 0.490. The molecule has 1 fully saturated rings. The topological polar surface area (TPSA) is 0 Å². The summed E-state index contributed by atoms with van der Waals surface area (Å²) in [5.41, 5.74) is 1.11. The summed E-state index contributed by atoms with van der Waals surface area (Å²) < 4.78 is 0. The zero-order chi connectivity index (χ0) is 10.4. The molecule has 0 aromatic carbocycles. The molecule has 0 aromatic rings. The van der Waals surface area contributed by atoms with Crippen molar-refractivity contribution in [2.75, 3.05) is 0 Å². The fourth-order valence-electron chi connectivity index (χ4n) is 3.83. The SMILES string of the molecule is CC(C)(C)C1[C@@H]2CCC#CCC[C@]12C. The molecule has 0 aliphatic heterocycles. The average molecular weight is 190 g/mol. The summed E-state index contributed by atoms with van der Waals surface area (Å²) in [6, 6.07) is 0. The number of rotatable bonds is 0. The first-order valence-corrected chi connectivity index (χ1v) is 5.92. The third-order valence-corrected chi connectivity index (χ3v) is 4.28. The molecule has 0 heterocycles. The van der Waals surface area contributed by atoms with Crippen LogP contribution in [0.4, 0.5) is 0 Å². The molecule has 2 rings (SSSR count). The fourth-order valence-corrected chi connectivity index (χ4v) is 3.83. The van der Waals surface area contributed by atoms with Crippen LogP contribution in [0.3, 0.4) is 0 Å². The Hall–Kier alpha value is -0.440. The van der Waals surface area contributed by atoms with E-state index in [0.29, 0.717) is 10.8 Å². The zero-order valence-corrected chi connectivity index (χ0v) is 9.98. The highest BCUT2D eigenvalue weighted by molar-refractivity contribution is 5.16. The van der Waals surface area contributed by atoms with Crippen molar-refractivity contribution in [3.05, 3.63) is 0 Å². The van der Waals surface area contributed by atoms with Crippen molar-refractivity contribution in [1.82, 2.24) is 0 Å². The highest BCUT2D eigenvalue weighted by Crippen LogP contribution is 2.69. The fraction of sp³-hybridized carbons (Fsp3) is 0.857. The van der Waals surface area contributed by atoms with E-state index in [0.717, 1.165) is 24.7 Å². The molecule has 2 aliphatic rings. The van der Waals surface area contributed by atoms with E-state index >= 15 is 0 Å². The van der Waals surface area contributed by atoms with Gasteiger partial charge in [0, 0.05) is 12.8 Å². The van der Waals surface area contributed by atoms with E-state index in [4.69, 9.17) is 0 Å². The lowest BCUT2D eigenvalue weighted by molar-refractivity contribution is 0.281. The maximum Gasteiger partial charge on any atom is 0.00940 e. The number of fused-ring (bicyclic) bond motifs is 1. The van der Waals surface area contributed by atoms with E-state index in [1.165, 1.54) is 12.8 Å². The molecule has 1 unspecified atom stereocenters. The van der Waals surface area contributed by atoms with Crippen molar-refractivity contribution < 1.29 is 0 Å². The monoisotopic (exact) mass is 190 g/mol. The van der Waals surface area contributed by atoms with Crippen LogP contribution >= 0.6 is 0 Å². The Balaban J connectivity index is 2.14. The molecule has 0 radical (unpaired) electrons. The van der Waals surface area contributed by atoms with Gasteiger partial charge >= 0.3 is 0 Å². The van der Waals surface area contributed by atoms with Gasteiger partial charge < -0.3 is 0 Å². The van der Waals surface area contributed by atoms with Gasteiger partial charge in [0.15, 0.2) is 0 Å². The van der Waals surface area contributed by atoms with E-state index in [9.17, 15) is 0 Å². The van der Waals surface area contributed by atoms with Crippen molar-refractivity contribution in [2.45, 2.75) is 53.4 Å². The van der Waals surface area contributed by atoms with Crippen LogP contribution < -0.4 is 0 Å². The molecule has 0 aromatic heterocycles. The second kappa shape index (κ2) is 3.02. The second-order valence-corrected chi connectivity index (χ2v) is 6.35. The quantitative estimate of drug-likeness (QED) is 0.509. The molecule has 0 spiro atoms. The normalized spacial score (nSPS) is 41.4. The van der Waals surface area contributed by atoms with Gasteiger partial charge in [0.05, 0.1) is 0 Å². The summed E-state index contributed by atoms with van der Waals surface area (Å²) in [7, 11) is 0. The summed E-state index contributed by atoms with van der Waals surface area (Å²) in [5.74, 6) is 8.46. The average Bonchev–Trinajstić information content (AvgIpc) is 2.56. The van der Waals surface area contributed by atoms with Gasteiger partial charge in [-0.15, -0.1) is 11.8 Å².